The highest BCUT2D eigenvalue weighted by Crippen LogP contribution is 2.29. The molecule has 2 atom stereocenters. The number of carbonyl (C=O) groups is 2. The number of benzene rings is 1. The Morgan fingerprint density at radius 2 is 2.17 bits per heavy atom. The van der Waals surface area contributed by atoms with Gasteiger partial charge in [-0.1, -0.05) is 0 Å². The summed E-state index contributed by atoms with van der Waals surface area (Å²) in [5, 5.41) is 5.71. The zero-order valence-electron chi connectivity index (χ0n) is 13.8. The number of hydrogen-bond acceptors (Lipinski definition) is 4. The van der Waals surface area contributed by atoms with Crippen molar-refractivity contribution >= 4 is 11.8 Å². The van der Waals surface area contributed by atoms with Crippen LogP contribution in [0.2, 0.25) is 0 Å². The van der Waals surface area contributed by atoms with Crippen molar-refractivity contribution in [1.29, 1.82) is 0 Å². The molecule has 1 aromatic carbocycles. The molecule has 0 aromatic heterocycles. The molecule has 1 heterocycles. The van der Waals surface area contributed by atoms with Crippen molar-refractivity contribution in [2.75, 3.05) is 40.4 Å². The molecule has 1 aliphatic heterocycles. The van der Waals surface area contributed by atoms with Gasteiger partial charge in [-0.2, -0.15) is 0 Å². The lowest BCUT2D eigenvalue weighted by Crippen LogP contribution is -3.16. The van der Waals surface area contributed by atoms with Crippen molar-refractivity contribution < 1.29 is 24.0 Å². The summed E-state index contributed by atoms with van der Waals surface area (Å²) in [6.45, 7) is 3.89. The molecule has 2 amide bonds. The van der Waals surface area contributed by atoms with Gasteiger partial charge in [0.05, 0.1) is 33.4 Å². The molecule has 1 saturated heterocycles. The third-order valence-electron chi connectivity index (χ3n) is 3.90. The van der Waals surface area contributed by atoms with Crippen LogP contribution in [0.1, 0.15) is 18.5 Å². The van der Waals surface area contributed by atoms with Crippen LogP contribution < -0.4 is 25.0 Å². The highest BCUT2D eigenvalue weighted by atomic mass is 16.5. The first-order valence-electron chi connectivity index (χ1n) is 7.65. The predicted molar refractivity (Wildman–Crippen MR) is 84.7 cm³/mol. The summed E-state index contributed by atoms with van der Waals surface area (Å²) in [6, 6.07) is 5.26. The van der Waals surface area contributed by atoms with Crippen LogP contribution in [0.5, 0.6) is 11.5 Å². The highest BCUT2D eigenvalue weighted by Gasteiger charge is 2.23. The predicted octanol–water partition coefficient (Wildman–Crippen LogP) is -1.10. The van der Waals surface area contributed by atoms with Crippen molar-refractivity contribution in [3.05, 3.63) is 23.8 Å². The number of nitrogens with one attached hydrogen (secondary N) is 3. The summed E-state index contributed by atoms with van der Waals surface area (Å²) in [4.78, 5) is 24.5. The van der Waals surface area contributed by atoms with E-state index in [2.05, 4.69) is 10.6 Å². The molecule has 7 heteroatoms. The topological polar surface area (TPSA) is 81.1 Å². The van der Waals surface area contributed by atoms with Crippen molar-refractivity contribution in [2.24, 2.45) is 0 Å². The lowest BCUT2D eigenvalue weighted by atomic mass is 10.1. The monoisotopic (exact) mass is 322 g/mol. The zero-order chi connectivity index (χ0) is 16.8. The molecular formula is C16H24N3O4+. The van der Waals surface area contributed by atoms with Gasteiger partial charge >= 0.3 is 0 Å². The van der Waals surface area contributed by atoms with E-state index in [0.29, 0.717) is 24.6 Å². The molecular weight excluding hydrogens is 298 g/mol. The van der Waals surface area contributed by atoms with Crippen LogP contribution in [0, 0.1) is 0 Å². The molecule has 1 aliphatic rings. The van der Waals surface area contributed by atoms with Gasteiger partial charge in [0.25, 0.3) is 11.8 Å². The van der Waals surface area contributed by atoms with Gasteiger partial charge in [0.2, 0.25) is 0 Å². The van der Waals surface area contributed by atoms with Gasteiger partial charge in [-0.15, -0.1) is 0 Å². The van der Waals surface area contributed by atoms with Crippen LogP contribution in [0.15, 0.2) is 18.2 Å². The molecule has 2 rings (SSSR count). The number of quaternary nitrogens is 1. The summed E-state index contributed by atoms with van der Waals surface area (Å²) in [5.41, 5.74) is 0.853. The normalized spacial score (nSPS) is 18.7. The van der Waals surface area contributed by atoms with Gasteiger partial charge in [-0.25, -0.2) is 0 Å². The first-order chi connectivity index (χ1) is 11.0. The molecule has 7 nitrogen and oxygen atoms in total. The average molecular weight is 322 g/mol. The molecule has 1 unspecified atom stereocenters. The van der Waals surface area contributed by atoms with Gasteiger partial charge in [0, 0.05) is 5.56 Å². The Morgan fingerprint density at radius 1 is 1.39 bits per heavy atom. The summed E-state index contributed by atoms with van der Waals surface area (Å²) >= 11 is 0. The molecule has 0 spiro atoms. The second-order valence-electron chi connectivity index (χ2n) is 5.60. The van der Waals surface area contributed by atoms with E-state index in [0.717, 1.165) is 17.0 Å². The maximum absolute atomic E-state index is 12.2. The van der Waals surface area contributed by atoms with Crippen molar-refractivity contribution in [3.63, 3.8) is 0 Å². The number of rotatable bonds is 6. The fourth-order valence-corrected chi connectivity index (χ4v) is 2.68. The molecule has 0 radical (unpaired) electrons. The third kappa shape index (κ3) is 4.59. The molecule has 0 bridgehead atoms. The Hall–Kier alpha value is -2.28. The second-order valence-corrected chi connectivity index (χ2v) is 5.60. The number of piperazine rings is 1. The van der Waals surface area contributed by atoms with E-state index in [1.807, 2.05) is 25.1 Å². The Bertz CT molecular complexity index is 576. The van der Waals surface area contributed by atoms with Gasteiger partial charge in [-0.3, -0.25) is 9.59 Å². The Kier molecular flexibility index (Phi) is 5.81. The van der Waals surface area contributed by atoms with E-state index >= 15 is 0 Å². The molecule has 3 N–H and O–H groups in total. The van der Waals surface area contributed by atoms with Crippen LogP contribution in [0.3, 0.4) is 0 Å². The van der Waals surface area contributed by atoms with E-state index in [1.54, 1.807) is 14.2 Å². The SMILES string of the molecule is COc1ccc(OC)c([C@@H](C)NC(=O)C[NH+]2CCNC(=O)C2)c1. The molecule has 126 valence electrons. The van der Waals surface area contributed by atoms with E-state index in [-0.39, 0.29) is 24.4 Å². The van der Waals surface area contributed by atoms with E-state index in [9.17, 15) is 9.59 Å². The lowest BCUT2D eigenvalue weighted by Gasteiger charge is -2.24. The summed E-state index contributed by atoms with van der Waals surface area (Å²) in [5.74, 6) is 1.30. The average Bonchev–Trinajstić information content (AvgIpc) is 2.54. The van der Waals surface area contributed by atoms with E-state index < -0.39 is 0 Å². The van der Waals surface area contributed by atoms with Crippen molar-refractivity contribution in [1.82, 2.24) is 10.6 Å². The zero-order valence-corrected chi connectivity index (χ0v) is 13.8. The van der Waals surface area contributed by atoms with Gasteiger partial charge < -0.3 is 25.0 Å². The number of hydrogen-bond donors (Lipinski definition) is 3. The molecule has 0 aliphatic carbocycles. The quantitative estimate of drug-likeness (QED) is 0.621. The van der Waals surface area contributed by atoms with E-state index in [4.69, 9.17) is 9.47 Å². The number of amides is 2. The minimum absolute atomic E-state index is 0.0124. The fourth-order valence-electron chi connectivity index (χ4n) is 2.68. The fraction of sp³-hybridized carbons (Fsp3) is 0.500. The summed E-state index contributed by atoms with van der Waals surface area (Å²) in [6.07, 6.45) is 0. The largest absolute Gasteiger partial charge is 0.497 e. The highest BCUT2D eigenvalue weighted by molar-refractivity contribution is 5.79. The Morgan fingerprint density at radius 3 is 2.83 bits per heavy atom. The maximum Gasteiger partial charge on any atom is 0.275 e. The van der Waals surface area contributed by atoms with Crippen LogP contribution in [0.4, 0.5) is 0 Å². The standard InChI is InChI=1S/C16H23N3O4/c1-11(13-8-12(22-2)4-5-14(13)23-3)18-16(21)10-19-7-6-17-15(20)9-19/h4-5,8,11H,6-7,9-10H2,1-3H3,(H,17,20)(H,18,21)/p+1/t11-/m1/s1. The minimum Gasteiger partial charge on any atom is -0.497 e. The smallest absolute Gasteiger partial charge is 0.275 e. The first kappa shape index (κ1) is 17.1. The number of methoxy groups -OCH3 is 2. The van der Waals surface area contributed by atoms with E-state index in [1.165, 1.54) is 0 Å². The molecule has 23 heavy (non-hydrogen) atoms. The van der Waals surface area contributed by atoms with Gasteiger partial charge in [0.1, 0.15) is 11.5 Å². The van der Waals surface area contributed by atoms with Crippen LogP contribution >= 0.6 is 0 Å². The first-order valence-corrected chi connectivity index (χ1v) is 7.65. The third-order valence-corrected chi connectivity index (χ3v) is 3.90. The Labute approximate surface area is 135 Å². The summed E-state index contributed by atoms with van der Waals surface area (Å²) in [7, 11) is 3.19. The van der Waals surface area contributed by atoms with Crippen LogP contribution in [0.25, 0.3) is 0 Å². The maximum atomic E-state index is 12.2. The van der Waals surface area contributed by atoms with Crippen molar-refractivity contribution in [2.45, 2.75) is 13.0 Å². The van der Waals surface area contributed by atoms with Crippen molar-refractivity contribution in [3.8, 4) is 11.5 Å². The molecule has 1 aromatic rings. The second kappa shape index (κ2) is 7.82. The molecule has 0 saturated carbocycles. The van der Waals surface area contributed by atoms with Crippen LogP contribution in [-0.2, 0) is 9.59 Å². The number of ether oxygens (including phenoxy) is 2. The number of carbonyl (C=O) groups excluding carboxylic acids is 2. The molecule has 1 fully saturated rings. The minimum atomic E-state index is -0.217. The van der Waals surface area contributed by atoms with Gasteiger partial charge in [0.15, 0.2) is 13.1 Å². The van der Waals surface area contributed by atoms with Crippen LogP contribution in [-0.4, -0.2) is 52.2 Å². The van der Waals surface area contributed by atoms with Gasteiger partial charge in [-0.05, 0) is 25.1 Å². The Balaban J connectivity index is 1.99. The lowest BCUT2D eigenvalue weighted by molar-refractivity contribution is -0.885. The summed E-state index contributed by atoms with van der Waals surface area (Å²) < 4.78 is 10.6.